The van der Waals surface area contributed by atoms with Crippen molar-refractivity contribution in [3.05, 3.63) is 52.3 Å². The molecule has 1 saturated carbocycles. The number of benzene rings is 1. The zero-order valence-corrected chi connectivity index (χ0v) is 17.3. The lowest BCUT2D eigenvalue weighted by atomic mass is 9.81. The van der Waals surface area contributed by atoms with Crippen LogP contribution in [-0.2, 0) is 11.2 Å². The van der Waals surface area contributed by atoms with Crippen molar-refractivity contribution >= 4 is 11.8 Å². The Kier molecular flexibility index (Phi) is 5.74. The van der Waals surface area contributed by atoms with Crippen LogP contribution >= 0.6 is 0 Å². The summed E-state index contributed by atoms with van der Waals surface area (Å²) in [5, 5.41) is 0. The second kappa shape index (κ2) is 8.44. The van der Waals surface area contributed by atoms with Gasteiger partial charge in [0.25, 0.3) is 0 Å². The van der Waals surface area contributed by atoms with E-state index in [1.807, 2.05) is 31.2 Å². The van der Waals surface area contributed by atoms with Crippen LogP contribution in [0.3, 0.4) is 0 Å². The summed E-state index contributed by atoms with van der Waals surface area (Å²) in [6, 6.07) is 7.86. The normalized spacial score (nSPS) is 19.7. The number of carbonyl (C=O) groups excluding carboxylic acids is 2. The number of carbonyl (C=O) groups is 2. The monoisotopic (exact) mass is 395 g/mol. The summed E-state index contributed by atoms with van der Waals surface area (Å²) in [4.78, 5) is 28.8. The molecule has 154 valence electrons. The second-order valence-corrected chi connectivity index (χ2v) is 8.38. The number of Topliss-reactive ketones (excluding diaryl/α,β-unsaturated/α-hetero) is 1. The van der Waals surface area contributed by atoms with E-state index in [4.69, 9.17) is 9.47 Å². The third kappa shape index (κ3) is 4.09. The van der Waals surface area contributed by atoms with Crippen LogP contribution in [0.25, 0.3) is 0 Å². The van der Waals surface area contributed by atoms with Gasteiger partial charge >= 0.3 is 5.97 Å². The van der Waals surface area contributed by atoms with Crippen LogP contribution in [0.1, 0.15) is 82.1 Å². The number of ketones is 1. The number of hydrogen-bond donors (Lipinski definition) is 1. The lowest BCUT2D eigenvalue weighted by Gasteiger charge is -2.22. The first kappa shape index (κ1) is 19.7. The zero-order chi connectivity index (χ0) is 20.4. The Labute approximate surface area is 171 Å². The Hall–Kier alpha value is -2.56. The van der Waals surface area contributed by atoms with E-state index in [0.29, 0.717) is 36.6 Å². The van der Waals surface area contributed by atoms with Crippen LogP contribution in [0, 0.1) is 12.8 Å². The van der Waals surface area contributed by atoms with Crippen LogP contribution in [0.15, 0.2) is 24.3 Å². The molecule has 0 amide bonds. The van der Waals surface area contributed by atoms with E-state index < -0.39 is 0 Å². The molecule has 1 heterocycles. The SMILES string of the molecule is COc1ccc(C2CC(=O)c3c([nH]c(C(=O)OCC4CCCCC4)c3C)C2)cc1. The molecule has 2 aliphatic carbocycles. The molecule has 2 aromatic rings. The molecule has 1 fully saturated rings. The molecule has 1 unspecified atom stereocenters. The van der Waals surface area contributed by atoms with E-state index in [-0.39, 0.29) is 17.7 Å². The van der Waals surface area contributed by atoms with Gasteiger partial charge in [0.15, 0.2) is 5.78 Å². The maximum atomic E-state index is 12.9. The average molecular weight is 395 g/mol. The fourth-order valence-electron chi connectivity index (χ4n) is 4.77. The highest BCUT2D eigenvalue weighted by Crippen LogP contribution is 2.35. The summed E-state index contributed by atoms with van der Waals surface area (Å²) >= 11 is 0. The van der Waals surface area contributed by atoms with Crippen molar-refractivity contribution < 1.29 is 19.1 Å². The van der Waals surface area contributed by atoms with E-state index in [0.717, 1.165) is 35.4 Å². The molecule has 29 heavy (non-hydrogen) atoms. The van der Waals surface area contributed by atoms with Gasteiger partial charge in [-0.15, -0.1) is 0 Å². The first-order chi connectivity index (χ1) is 14.1. The van der Waals surface area contributed by atoms with Crippen molar-refractivity contribution in [2.24, 2.45) is 5.92 Å². The molecule has 0 bridgehead atoms. The zero-order valence-electron chi connectivity index (χ0n) is 17.3. The van der Waals surface area contributed by atoms with Gasteiger partial charge < -0.3 is 14.5 Å². The topological polar surface area (TPSA) is 68.4 Å². The van der Waals surface area contributed by atoms with Gasteiger partial charge in [-0.2, -0.15) is 0 Å². The number of ether oxygens (including phenoxy) is 2. The molecule has 4 rings (SSSR count). The molecule has 0 radical (unpaired) electrons. The first-order valence-corrected chi connectivity index (χ1v) is 10.6. The van der Waals surface area contributed by atoms with E-state index in [1.54, 1.807) is 7.11 Å². The Balaban J connectivity index is 1.49. The van der Waals surface area contributed by atoms with Crippen LogP contribution in [0.2, 0.25) is 0 Å². The number of H-pyrrole nitrogens is 1. The summed E-state index contributed by atoms with van der Waals surface area (Å²) in [6.07, 6.45) is 7.16. The lowest BCUT2D eigenvalue weighted by Crippen LogP contribution is -2.18. The summed E-state index contributed by atoms with van der Waals surface area (Å²) in [7, 11) is 1.64. The van der Waals surface area contributed by atoms with Gasteiger partial charge in [-0.05, 0) is 61.3 Å². The molecule has 5 heteroatoms. The molecule has 0 spiro atoms. The largest absolute Gasteiger partial charge is 0.497 e. The fourth-order valence-corrected chi connectivity index (χ4v) is 4.77. The molecule has 0 saturated heterocycles. The number of rotatable bonds is 5. The standard InChI is InChI=1S/C24H29NO4/c1-15-22-20(25-23(15)24(27)29-14-16-6-4-3-5-7-16)12-18(13-21(22)26)17-8-10-19(28-2)11-9-17/h8-11,16,18,25H,3-7,12-14H2,1-2H3. The maximum Gasteiger partial charge on any atom is 0.355 e. The van der Waals surface area contributed by atoms with E-state index in [2.05, 4.69) is 4.98 Å². The number of nitrogens with one attached hydrogen (secondary N) is 1. The van der Waals surface area contributed by atoms with E-state index >= 15 is 0 Å². The van der Waals surface area contributed by atoms with Crippen molar-refractivity contribution in [3.8, 4) is 5.75 Å². The Bertz CT molecular complexity index is 890. The van der Waals surface area contributed by atoms with Crippen molar-refractivity contribution in [3.63, 3.8) is 0 Å². The highest BCUT2D eigenvalue weighted by Gasteiger charge is 2.32. The molecule has 1 N–H and O–H groups in total. The number of esters is 1. The number of methoxy groups -OCH3 is 1. The van der Waals surface area contributed by atoms with Gasteiger partial charge in [-0.3, -0.25) is 4.79 Å². The minimum absolute atomic E-state index is 0.0900. The molecule has 2 aliphatic rings. The van der Waals surface area contributed by atoms with Crippen LogP contribution < -0.4 is 4.74 Å². The first-order valence-electron chi connectivity index (χ1n) is 10.6. The number of aromatic nitrogens is 1. The number of hydrogen-bond acceptors (Lipinski definition) is 4. The minimum Gasteiger partial charge on any atom is -0.497 e. The predicted molar refractivity (Wildman–Crippen MR) is 111 cm³/mol. The van der Waals surface area contributed by atoms with Crippen molar-refractivity contribution in [2.75, 3.05) is 13.7 Å². The Morgan fingerprint density at radius 3 is 2.52 bits per heavy atom. The van der Waals surface area contributed by atoms with Gasteiger partial charge in [0.2, 0.25) is 0 Å². The van der Waals surface area contributed by atoms with Gasteiger partial charge in [0, 0.05) is 17.7 Å². The number of fused-ring (bicyclic) bond motifs is 1. The number of aromatic amines is 1. The highest BCUT2D eigenvalue weighted by molar-refractivity contribution is 6.03. The Morgan fingerprint density at radius 2 is 1.83 bits per heavy atom. The summed E-state index contributed by atoms with van der Waals surface area (Å²) in [5.74, 6) is 1.13. The molecular weight excluding hydrogens is 366 g/mol. The molecule has 1 aromatic heterocycles. The van der Waals surface area contributed by atoms with Crippen molar-refractivity contribution in [1.82, 2.24) is 4.98 Å². The van der Waals surface area contributed by atoms with Gasteiger partial charge in [0.05, 0.1) is 13.7 Å². The Morgan fingerprint density at radius 1 is 1.10 bits per heavy atom. The molecule has 1 atom stereocenters. The van der Waals surface area contributed by atoms with Crippen LogP contribution in [-0.4, -0.2) is 30.5 Å². The summed E-state index contributed by atoms with van der Waals surface area (Å²) in [5.41, 5.74) is 3.81. The van der Waals surface area contributed by atoms with E-state index in [9.17, 15) is 9.59 Å². The van der Waals surface area contributed by atoms with E-state index in [1.165, 1.54) is 19.3 Å². The van der Waals surface area contributed by atoms with Crippen LogP contribution in [0.5, 0.6) is 5.75 Å². The van der Waals surface area contributed by atoms with Gasteiger partial charge in [0.1, 0.15) is 11.4 Å². The van der Waals surface area contributed by atoms with Gasteiger partial charge in [-0.1, -0.05) is 31.4 Å². The third-order valence-electron chi connectivity index (χ3n) is 6.46. The average Bonchev–Trinajstić information content (AvgIpc) is 3.10. The fraction of sp³-hybridized carbons (Fsp3) is 0.500. The van der Waals surface area contributed by atoms with Gasteiger partial charge in [-0.25, -0.2) is 4.79 Å². The molecule has 1 aromatic carbocycles. The lowest BCUT2D eigenvalue weighted by molar-refractivity contribution is 0.0403. The molecular formula is C24H29NO4. The summed E-state index contributed by atoms with van der Waals surface area (Å²) in [6.45, 7) is 2.32. The smallest absolute Gasteiger partial charge is 0.355 e. The highest BCUT2D eigenvalue weighted by atomic mass is 16.5. The summed E-state index contributed by atoms with van der Waals surface area (Å²) < 4.78 is 10.8. The van der Waals surface area contributed by atoms with Crippen LogP contribution in [0.4, 0.5) is 0 Å². The third-order valence-corrected chi connectivity index (χ3v) is 6.46. The maximum absolute atomic E-state index is 12.9. The predicted octanol–water partition coefficient (Wildman–Crippen LogP) is 4.98. The molecule has 5 nitrogen and oxygen atoms in total. The molecule has 0 aliphatic heterocycles. The van der Waals surface area contributed by atoms with Crippen molar-refractivity contribution in [1.29, 1.82) is 0 Å². The van der Waals surface area contributed by atoms with Crippen molar-refractivity contribution in [2.45, 2.75) is 57.8 Å². The minimum atomic E-state index is -0.337. The quantitative estimate of drug-likeness (QED) is 0.725. The second-order valence-electron chi connectivity index (χ2n) is 8.38.